The molecule has 5 nitrogen and oxygen atoms in total. The zero-order valence-corrected chi connectivity index (χ0v) is 14.3. The van der Waals surface area contributed by atoms with Crippen LogP contribution in [0.2, 0.25) is 5.02 Å². The Hall–Kier alpha value is -1.30. The Balaban J connectivity index is 1.58. The summed E-state index contributed by atoms with van der Waals surface area (Å²) in [5.41, 5.74) is 0. The van der Waals surface area contributed by atoms with Gasteiger partial charge >= 0.3 is 0 Å². The Morgan fingerprint density at radius 3 is 3.04 bits per heavy atom. The van der Waals surface area contributed by atoms with Crippen molar-refractivity contribution in [1.82, 2.24) is 4.90 Å². The number of nitrogens with zero attached hydrogens (tertiary/aromatic N) is 1. The molecule has 1 aromatic rings. The molecule has 1 heterocycles. The Labute approximate surface area is 142 Å². The van der Waals surface area contributed by atoms with E-state index in [1.807, 2.05) is 12.1 Å². The van der Waals surface area contributed by atoms with E-state index < -0.39 is 0 Å². The first-order chi connectivity index (χ1) is 11.1. The first-order valence-electron chi connectivity index (χ1n) is 7.97. The molecule has 0 unspecified atom stereocenters. The molecule has 1 amide bonds. The molecule has 0 aromatic heterocycles. The normalized spacial score (nSPS) is 17.7. The molecule has 0 bridgehead atoms. The molecule has 1 atom stereocenters. The van der Waals surface area contributed by atoms with Crippen LogP contribution >= 0.6 is 11.6 Å². The van der Waals surface area contributed by atoms with Gasteiger partial charge in [0, 0.05) is 18.7 Å². The molecule has 0 saturated carbocycles. The van der Waals surface area contributed by atoms with E-state index in [0.717, 1.165) is 19.4 Å². The smallest absolute Gasteiger partial charge is 0.248 e. The van der Waals surface area contributed by atoms with Crippen molar-refractivity contribution in [2.24, 2.45) is 0 Å². The van der Waals surface area contributed by atoms with E-state index in [9.17, 15) is 4.79 Å². The van der Waals surface area contributed by atoms with Gasteiger partial charge in [0.25, 0.3) is 0 Å². The van der Waals surface area contributed by atoms with Gasteiger partial charge in [-0.15, -0.1) is 0 Å². The molecular weight excluding hydrogens is 318 g/mol. The fourth-order valence-electron chi connectivity index (χ4n) is 2.31. The fraction of sp³-hybridized carbons (Fsp3) is 0.588. The van der Waals surface area contributed by atoms with Gasteiger partial charge in [0.1, 0.15) is 19.0 Å². The van der Waals surface area contributed by atoms with Gasteiger partial charge in [-0.25, -0.2) is 0 Å². The van der Waals surface area contributed by atoms with Crippen molar-refractivity contribution in [2.75, 3.05) is 40.0 Å². The monoisotopic (exact) mass is 341 g/mol. The van der Waals surface area contributed by atoms with Crippen LogP contribution in [0.5, 0.6) is 5.75 Å². The first-order valence-corrected chi connectivity index (χ1v) is 8.34. The Morgan fingerprint density at radius 1 is 1.43 bits per heavy atom. The maximum absolute atomic E-state index is 12.0. The second kappa shape index (κ2) is 9.75. The third-order valence-electron chi connectivity index (χ3n) is 3.72. The van der Waals surface area contributed by atoms with Crippen LogP contribution in [0.1, 0.15) is 19.3 Å². The summed E-state index contributed by atoms with van der Waals surface area (Å²) in [6.45, 7) is 2.26. The molecule has 0 spiro atoms. The van der Waals surface area contributed by atoms with Crippen molar-refractivity contribution in [3.05, 3.63) is 29.3 Å². The number of carbonyl (C=O) groups excluding carboxylic acids is 1. The molecule has 0 N–H and O–H groups in total. The van der Waals surface area contributed by atoms with E-state index in [1.54, 1.807) is 24.1 Å². The van der Waals surface area contributed by atoms with Crippen molar-refractivity contribution in [3.63, 3.8) is 0 Å². The SMILES string of the molecule is CN(CCOc1cccc(Cl)c1)C(=O)COC[C@@H]1CCCCO1. The topological polar surface area (TPSA) is 48.0 Å². The highest BCUT2D eigenvalue weighted by molar-refractivity contribution is 6.30. The van der Waals surface area contributed by atoms with Gasteiger partial charge in [-0.2, -0.15) is 0 Å². The van der Waals surface area contributed by atoms with Crippen LogP contribution in [0.3, 0.4) is 0 Å². The van der Waals surface area contributed by atoms with E-state index in [1.165, 1.54) is 6.42 Å². The molecule has 128 valence electrons. The molecular formula is C17H24ClNO4. The lowest BCUT2D eigenvalue weighted by Crippen LogP contribution is -2.35. The van der Waals surface area contributed by atoms with Crippen molar-refractivity contribution in [1.29, 1.82) is 0 Å². The lowest BCUT2D eigenvalue weighted by molar-refractivity contribution is -0.137. The Bertz CT molecular complexity index is 491. The Morgan fingerprint density at radius 2 is 2.30 bits per heavy atom. The number of likely N-dealkylation sites (N-methyl/N-ethyl adjacent to an activating group) is 1. The summed E-state index contributed by atoms with van der Waals surface area (Å²) in [6, 6.07) is 7.20. The molecule has 2 rings (SSSR count). The highest BCUT2D eigenvalue weighted by Gasteiger charge is 2.15. The summed E-state index contributed by atoms with van der Waals surface area (Å²) in [4.78, 5) is 13.6. The van der Waals surface area contributed by atoms with Crippen molar-refractivity contribution in [2.45, 2.75) is 25.4 Å². The zero-order valence-electron chi connectivity index (χ0n) is 13.5. The number of carbonyl (C=O) groups is 1. The number of benzene rings is 1. The molecule has 1 aromatic carbocycles. The average Bonchev–Trinajstić information content (AvgIpc) is 2.55. The maximum Gasteiger partial charge on any atom is 0.248 e. The average molecular weight is 342 g/mol. The lowest BCUT2D eigenvalue weighted by atomic mass is 10.1. The number of ether oxygens (including phenoxy) is 3. The van der Waals surface area contributed by atoms with Gasteiger partial charge in [0.05, 0.1) is 19.3 Å². The van der Waals surface area contributed by atoms with Crippen LogP contribution in [-0.2, 0) is 14.3 Å². The summed E-state index contributed by atoms with van der Waals surface area (Å²) in [5, 5.41) is 0.630. The first kappa shape index (κ1) is 18.0. The molecule has 1 fully saturated rings. The van der Waals surface area contributed by atoms with E-state index in [4.69, 9.17) is 25.8 Å². The summed E-state index contributed by atoms with van der Waals surface area (Å²) < 4.78 is 16.6. The number of rotatable bonds is 8. The van der Waals surface area contributed by atoms with Crippen LogP contribution < -0.4 is 4.74 Å². The van der Waals surface area contributed by atoms with Crippen LogP contribution in [0, 0.1) is 0 Å². The van der Waals surface area contributed by atoms with E-state index in [-0.39, 0.29) is 18.6 Å². The van der Waals surface area contributed by atoms with Crippen LogP contribution in [0.25, 0.3) is 0 Å². The minimum Gasteiger partial charge on any atom is -0.492 e. The summed E-state index contributed by atoms with van der Waals surface area (Å²) in [5.74, 6) is 0.638. The van der Waals surface area contributed by atoms with Gasteiger partial charge < -0.3 is 19.1 Å². The van der Waals surface area contributed by atoms with Gasteiger partial charge in [0.15, 0.2) is 0 Å². The quantitative estimate of drug-likeness (QED) is 0.729. The molecule has 6 heteroatoms. The number of hydrogen-bond donors (Lipinski definition) is 0. The van der Waals surface area contributed by atoms with Crippen molar-refractivity contribution >= 4 is 17.5 Å². The number of hydrogen-bond acceptors (Lipinski definition) is 4. The molecule has 1 saturated heterocycles. The van der Waals surface area contributed by atoms with Gasteiger partial charge in [-0.05, 0) is 37.5 Å². The zero-order chi connectivity index (χ0) is 16.5. The summed E-state index contributed by atoms with van der Waals surface area (Å²) >= 11 is 5.89. The van der Waals surface area contributed by atoms with Crippen molar-refractivity contribution < 1.29 is 19.0 Å². The largest absolute Gasteiger partial charge is 0.492 e. The molecule has 1 aliphatic heterocycles. The molecule has 0 aliphatic carbocycles. The van der Waals surface area contributed by atoms with E-state index in [0.29, 0.717) is 30.5 Å². The summed E-state index contributed by atoms with van der Waals surface area (Å²) in [7, 11) is 1.74. The second-order valence-corrected chi connectivity index (χ2v) is 6.06. The predicted octanol–water partition coefficient (Wildman–Crippen LogP) is 2.76. The summed E-state index contributed by atoms with van der Waals surface area (Å²) in [6.07, 6.45) is 3.43. The van der Waals surface area contributed by atoms with Crippen LogP contribution in [0.15, 0.2) is 24.3 Å². The van der Waals surface area contributed by atoms with Crippen LogP contribution in [0.4, 0.5) is 0 Å². The number of halogens is 1. The third kappa shape index (κ3) is 6.77. The van der Waals surface area contributed by atoms with Gasteiger partial charge in [0.2, 0.25) is 5.91 Å². The molecule has 0 radical (unpaired) electrons. The van der Waals surface area contributed by atoms with E-state index >= 15 is 0 Å². The maximum atomic E-state index is 12.0. The van der Waals surface area contributed by atoms with Gasteiger partial charge in [-0.3, -0.25) is 4.79 Å². The predicted molar refractivity (Wildman–Crippen MR) is 89.0 cm³/mol. The fourth-order valence-corrected chi connectivity index (χ4v) is 2.49. The number of amides is 1. The van der Waals surface area contributed by atoms with E-state index in [2.05, 4.69) is 0 Å². The lowest BCUT2D eigenvalue weighted by Gasteiger charge is -2.23. The Kier molecular flexibility index (Phi) is 7.65. The third-order valence-corrected chi connectivity index (χ3v) is 3.96. The van der Waals surface area contributed by atoms with Gasteiger partial charge in [-0.1, -0.05) is 17.7 Å². The highest BCUT2D eigenvalue weighted by Crippen LogP contribution is 2.17. The second-order valence-electron chi connectivity index (χ2n) is 5.62. The minimum absolute atomic E-state index is 0.0597. The van der Waals surface area contributed by atoms with Crippen LogP contribution in [-0.4, -0.2) is 56.9 Å². The highest BCUT2D eigenvalue weighted by atomic mass is 35.5. The molecule has 23 heavy (non-hydrogen) atoms. The van der Waals surface area contributed by atoms with Crippen molar-refractivity contribution in [3.8, 4) is 5.75 Å². The minimum atomic E-state index is -0.0597. The standard InChI is InChI=1S/C17H24ClNO4/c1-19(8-10-23-15-7-4-5-14(18)11-15)17(20)13-21-12-16-6-2-3-9-22-16/h4-5,7,11,16H,2-3,6,8-10,12-13H2,1H3/t16-/m0/s1. The molecule has 1 aliphatic rings.